The molecule has 0 aliphatic carbocycles. The number of H-pyrrole nitrogens is 1. The molecule has 0 aliphatic heterocycles. The highest BCUT2D eigenvalue weighted by molar-refractivity contribution is 5.55. The van der Waals surface area contributed by atoms with E-state index in [1.54, 1.807) is 32.4 Å². The van der Waals surface area contributed by atoms with E-state index in [0.717, 1.165) is 16.0 Å². The molecule has 3 aromatic rings. The van der Waals surface area contributed by atoms with E-state index in [1.165, 1.54) is 0 Å². The summed E-state index contributed by atoms with van der Waals surface area (Å²) in [5, 5.41) is 1.88. The van der Waals surface area contributed by atoms with Crippen LogP contribution in [0.3, 0.4) is 0 Å². The third-order valence-corrected chi connectivity index (χ3v) is 3.64. The Morgan fingerprint density at radius 2 is 1.83 bits per heavy atom. The first-order chi connectivity index (χ1) is 11.6. The number of hydrogen-bond acceptors (Lipinski definition) is 4. The minimum atomic E-state index is -0.442. The third kappa shape index (κ3) is 2.96. The number of oxazole rings is 1. The summed E-state index contributed by atoms with van der Waals surface area (Å²) in [7, 11) is 3.14. The van der Waals surface area contributed by atoms with Gasteiger partial charge in [0.05, 0.1) is 14.2 Å². The van der Waals surface area contributed by atoms with E-state index in [9.17, 15) is 4.79 Å². The molecular weight excluding hydrogens is 306 g/mol. The van der Waals surface area contributed by atoms with Gasteiger partial charge in [-0.25, -0.2) is 4.79 Å². The molecule has 1 heterocycles. The normalized spacial score (nSPS) is 13.0. The summed E-state index contributed by atoms with van der Waals surface area (Å²) in [6.07, 6.45) is 1.70. The van der Waals surface area contributed by atoms with Gasteiger partial charge in [-0.15, -0.1) is 0 Å². The SMILES string of the molecule is C=c1ccccc1=c1[nH]/c(=C/c2ccc(OC)c(OC)c2)c(=O)o1. The number of aromatic nitrogens is 1. The van der Waals surface area contributed by atoms with Gasteiger partial charge in [-0.05, 0) is 35.1 Å². The van der Waals surface area contributed by atoms with E-state index in [0.29, 0.717) is 22.4 Å². The molecule has 0 saturated heterocycles. The summed E-state index contributed by atoms with van der Waals surface area (Å²) in [5.41, 5.74) is 0.733. The monoisotopic (exact) mass is 323 g/mol. The molecule has 0 radical (unpaired) electrons. The standard InChI is InChI=1S/C19H17NO4/c1-12-6-4-5-7-14(12)18-20-15(19(21)24-18)10-13-8-9-16(22-2)17(11-13)23-3/h4-11,20H,1H2,2-3H3/b15-10+,18-14?. The zero-order valence-corrected chi connectivity index (χ0v) is 13.5. The molecule has 0 bridgehead atoms. The Bertz CT molecular complexity index is 1130. The van der Waals surface area contributed by atoms with Crippen LogP contribution in [0.1, 0.15) is 5.56 Å². The lowest BCUT2D eigenvalue weighted by Crippen LogP contribution is -2.20. The molecule has 2 aromatic carbocycles. The van der Waals surface area contributed by atoms with Crippen LogP contribution in [0.5, 0.6) is 11.5 Å². The molecular formula is C19H17NO4. The maximum Gasteiger partial charge on any atom is 0.361 e. The van der Waals surface area contributed by atoms with Crippen molar-refractivity contribution in [3.05, 3.63) is 79.8 Å². The lowest BCUT2D eigenvalue weighted by Gasteiger charge is -2.07. The molecule has 1 N–H and O–H groups in total. The molecule has 0 saturated carbocycles. The van der Waals surface area contributed by atoms with Crippen molar-refractivity contribution < 1.29 is 13.9 Å². The van der Waals surface area contributed by atoms with Crippen molar-refractivity contribution in [2.45, 2.75) is 0 Å². The van der Waals surface area contributed by atoms with Gasteiger partial charge in [-0.2, -0.15) is 0 Å². The molecule has 0 atom stereocenters. The molecule has 3 rings (SSSR count). The highest BCUT2D eigenvalue weighted by Crippen LogP contribution is 2.27. The van der Waals surface area contributed by atoms with Crippen LogP contribution < -0.4 is 25.7 Å². The van der Waals surface area contributed by atoms with Crippen LogP contribution in [0, 0.1) is 10.8 Å². The Morgan fingerprint density at radius 3 is 2.54 bits per heavy atom. The van der Waals surface area contributed by atoms with Crippen LogP contribution in [-0.2, 0) is 0 Å². The number of ether oxygens (including phenoxy) is 2. The maximum atomic E-state index is 12.1. The maximum absolute atomic E-state index is 12.1. The highest BCUT2D eigenvalue weighted by Gasteiger charge is 2.04. The average molecular weight is 323 g/mol. The fraction of sp³-hybridized carbons (Fsp3) is 0.105. The molecule has 0 amide bonds. The summed E-state index contributed by atoms with van der Waals surface area (Å²) in [6.45, 7) is 3.94. The van der Waals surface area contributed by atoms with Crippen molar-refractivity contribution in [1.29, 1.82) is 0 Å². The largest absolute Gasteiger partial charge is 0.493 e. The van der Waals surface area contributed by atoms with Crippen LogP contribution in [0.15, 0.2) is 51.7 Å². The fourth-order valence-corrected chi connectivity index (χ4v) is 2.41. The van der Waals surface area contributed by atoms with E-state index in [2.05, 4.69) is 11.6 Å². The lowest BCUT2D eigenvalue weighted by atomic mass is 10.2. The topological polar surface area (TPSA) is 64.5 Å². The number of methoxy groups -OCH3 is 2. The smallest absolute Gasteiger partial charge is 0.361 e. The van der Waals surface area contributed by atoms with E-state index in [-0.39, 0.29) is 0 Å². The van der Waals surface area contributed by atoms with Gasteiger partial charge in [0, 0.05) is 5.22 Å². The second-order valence-electron chi connectivity index (χ2n) is 5.17. The summed E-state index contributed by atoms with van der Waals surface area (Å²) in [6, 6.07) is 12.8. The quantitative estimate of drug-likeness (QED) is 0.793. The molecule has 5 heteroatoms. The van der Waals surface area contributed by atoms with Gasteiger partial charge in [-0.3, -0.25) is 0 Å². The van der Waals surface area contributed by atoms with Gasteiger partial charge in [0.25, 0.3) is 0 Å². The first-order valence-electron chi connectivity index (χ1n) is 7.33. The molecule has 1 aromatic heterocycles. The second-order valence-corrected chi connectivity index (χ2v) is 5.17. The molecule has 0 spiro atoms. The minimum Gasteiger partial charge on any atom is -0.493 e. The van der Waals surface area contributed by atoms with E-state index in [4.69, 9.17) is 13.9 Å². The lowest BCUT2D eigenvalue weighted by molar-refractivity contribution is 0.355. The summed E-state index contributed by atoms with van der Waals surface area (Å²) >= 11 is 0. The number of rotatable bonds is 3. The Kier molecular flexibility index (Phi) is 4.24. The van der Waals surface area contributed by atoms with Gasteiger partial charge < -0.3 is 18.9 Å². The zero-order chi connectivity index (χ0) is 17.1. The van der Waals surface area contributed by atoms with Crippen molar-refractivity contribution in [1.82, 2.24) is 4.98 Å². The van der Waals surface area contributed by atoms with Gasteiger partial charge in [0.1, 0.15) is 5.35 Å². The van der Waals surface area contributed by atoms with Crippen molar-refractivity contribution >= 4 is 12.7 Å². The molecule has 24 heavy (non-hydrogen) atoms. The summed E-state index contributed by atoms with van der Waals surface area (Å²) in [4.78, 5) is 15.1. The first kappa shape index (κ1) is 15.7. The van der Waals surface area contributed by atoms with Crippen LogP contribution in [0.4, 0.5) is 0 Å². The zero-order valence-electron chi connectivity index (χ0n) is 13.5. The van der Waals surface area contributed by atoms with E-state index >= 15 is 0 Å². The third-order valence-electron chi connectivity index (χ3n) is 3.64. The number of benzene rings is 2. The number of hydrogen-bond donors (Lipinski definition) is 1. The van der Waals surface area contributed by atoms with Crippen molar-refractivity contribution in [2.75, 3.05) is 14.2 Å². The Balaban J connectivity index is 2.21. The van der Waals surface area contributed by atoms with Crippen LogP contribution in [-0.4, -0.2) is 19.2 Å². The fourth-order valence-electron chi connectivity index (χ4n) is 2.41. The summed E-state index contributed by atoms with van der Waals surface area (Å²) < 4.78 is 15.8. The second kappa shape index (κ2) is 6.50. The first-order valence-corrected chi connectivity index (χ1v) is 7.33. The molecule has 0 unspecified atom stereocenters. The average Bonchev–Trinajstić information content (AvgIpc) is 2.95. The minimum absolute atomic E-state index is 0.348. The van der Waals surface area contributed by atoms with Crippen LogP contribution in [0.25, 0.3) is 12.7 Å². The van der Waals surface area contributed by atoms with Crippen LogP contribution in [0.2, 0.25) is 0 Å². The van der Waals surface area contributed by atoms with Crippen molar-refractivity contribution in [3.8, 4) is 11.5 Å². The predicted octanol–water partition coefficient (Wildman–Crippen LogP) is 1.51. The Hall–Kier alpha value is -3.21. The molecule has 0 aliphatic rings. The Morgan fingerprint density at radius 1 is 1.08 bits per heavy atom. The van der Waals surface area contributed by atoms with Crippen LogP contribution >= 0.6 is 0 Å². The number of nitrogens with one attached hydrogen (secondary N) is 1. The molecule has 0 fully saturated rings. The van der Waals surface area contributed by atoms with Gasteiger partial charge >= 0.3 is 5.63 Å². The number of aromatic amines is 1. The highest BCUT2D eigenvalue weighted by atomic mass is 16.5. The van der Waals surface area contributed by atoms with Crippen molar-refractivity contribution in [3.63, 3.8) is 0 Å². The van der Waals surface area contributed by atoms with E-state index in [1.807, 2.05) is 30.3 Å². The van der Waals surface area contributed by atoms with Gasteiger partial charge in [0.15, 0.2) is 11.5 Å². The Labute approximate surface area is 137 Å². The molecule has 5 nitrogen and oxygen atoms in total. The predicted molar refractivity (Wildman–Crippen MR) is 91.3 cm³/mol. The van der Waals surface area contributed by atoms with Gasteiger partial charge in [-0.1, -0.05) is 30.8 Å². The summed E-state index contributed by atoms with van der Waals surface area (Å²) in [5.74, 6) is 1.21. The van der Waals surface area contributed by atoms with Crippen molar-refractivity contribution in [2.24, 2.45) is 0 Å². The van der Waals surface area contributed by atoms with E-state index < -0.39 is 5.63 Å². The van der Waals surface area contributed by atoms with Gasteiger partial charge in [0.2, 0.25) is 5.55 Å². The molecule has 122 valence electrons.